The summed E-state index contributed by atoms with van der Waals surface area (Å²) in [7, 11) is 0. The first-order chi connectivity index (χ1) is 8.69. The lowest BCUT2D eigenvalue weighted by Crippen LogP contribution is -2.21. The zero-order valence-corrected chi connectivity index (χ0v) is 10.6. The summed E-state index contributed by atoms with van der Waals surface area (Å²) in [5.41, 5.74) is 2.86. The van der Waals surface area contributed by atoms with Gasteiger partial charge in [-0.05, 0) is 37.6 Å². The van der Waals surface area contributed by atoms with Crippen molar-refractivity contribution in [2.24, 2.45) is 0 Å². The van der Waals surface area contributed by atoms with Crippen molar-refractivity contribution in [3.8, 4) is 6.07 Å². The number of aryl methyl sites for hydroxylation is 1. The number of aromatic nitrogens is 2. The first-order valence-corrected chi connectivity index (χ1v) is 5.92. The first kappa shape index (κ1) is 12.2. The molecule has 1 unspecified atom stereocenters. The lowest BCUT2D eigenvalue weighted by molar-refractivity contribution is 0.618. The summed E-state index contributed by atoms with van der Waals surface area (Å²) in [4.78, 5) is 4.02. The van der Waals surface area contributed by atoms with Crippen LogP contribution in [0.15, 0.2) is 36.9 Å². The fourth-order valence-corrected chi connectivity index (χ4v) is 1.92. The molecule has 1 atom stereocenters. The number of anilines is 1. The highest BCUT2D eigenvalue weighted by Gasteiger charge is 2.05. The van der Waals surface area contributed by atoms with E-state index in [2.05, 4.69) is 23.3 Å². The van der Waals surface area contributed by atoms with E-state index in [1.807, 2.05) is 42.2 Å². The Morgan fingerprint density at radius 2 is 2.33 bits per heavy atom. The SMILES string of the molecule is Cc1cc(C#N)ccc1NC(C)Cn1ccnc1. The Kier molecular flexibility index (Phi) is 3.63. The third kappa shape index (κ3) is 2.89. The lowest BCUT2D eigenvalue weighted by atomic mass is 10.1. The highest BCUT2D eigenvalue weighted by molar-refractivity contribution is 5.54. The van der Waals surface area contributed by atoms with Crippen LogP contribution in [0.25, 0.3) is 0 Å². The molecule has 92 valence electrons. The molecule has 18 heavy (non-hydrogen) atoms. The second kappa shape index (κ2) is 5.37. The molecular formula is C14H16N4. The summed E-state index contributed by atoms with van der Waals surface area (Å²) in [6.07, 6.45) is 5.54. The van der Waals surface area contributed by atoms with Crippen LogP contribution in [0.5, 0.6) is 0 Å². The van der Waals surface area contributed by atoms with E-state index in [0.717, 1.165) is 17.8 Å². The number of hydrogen-bond acceptors (Lipinski definition) is 3. The molecule has 1 N–H and O–H groups in total. The molecule has 0 saturated carbocycles. The van der Waals surface area contributed by atoms with Crippen LogP contribution in [0.1, 0.15) is 18.1 Å². The smallest absolute Gasteiger partial charge is 0.0991 e. The molecule has 0 saturated heterocycles. The van der Waals surface area contributed by atoms with Crippen LogP contribution in [0, 0.1) is 18.3 Å². The van der Waals surface area contributed by atoms with Crippen molar-refractivity contribution in [3.05, 3.63) is 48.0 Å². The molecule has 1 aromatic carbocycles. The number of nitrogens with zero attached hydrogens (tertiary/aromatic N) is 3. The molecule has 0 aliphatic carbocycles. The molecule has 0 amide bonds. The maximum atomic E-state index is 8.83. The summed E-state index contributed by atoms with van der Waals surface area (Å²) >= 11 is 0. The summed E-state index contributed by atoms with van der Waals surface area (Å²) in [6, 6.07) is 8.13. The number of hydrogen-bond donors (Lipinski definition) is 1. The van der Waals surface area contributed by atoms with Crippen molar-refractivity contribution in [1.82, 2.24) is 9.55 Å². The minimum absolute atomic E-state index is 0.297. The average molecular weight is 240 g/mol. The highest BCUT2D eigenvalue weighted by Crippen LogP contribution is 2.17. The van der Waals surface area contributed by atoms with E-state index in [0.29, 0.717) is 11.6 Å². The molecular weight excluding hydrogens is 224 g/mol. The topological polar surface area (TPSA) is 53.6 Å². The number of nitrogens with one attached hydrogen (secondary N) is 1. The van der Waals surface area contributed by atoms with Crippen molar-refractivity contribution >= 4 is 5.69 Å². The van der Waals surface area contributed by atoms with Crippen molar-refractivity contribution in [2.45, 2.75) is 26.4 Å². The number of benzene rings is 1. The Morgan fingerprint density at radius 1 is 1.50 bits per heavy atom. The van der Waals surface area contributed by atoms with E-state index in [9.17, 15) is 0 Å². The zero-order chi connectivity index (χ0) is 13.0. The van der Waals surface area contributed by atoms with E-state index < -0.39 is 0 Å². The predicted octanol–water partition coefficient (Wildman–Crippen LogP) is 2.56. The van der Waals surface area contributed by atoms with Crippen LogP contribution in [0.3, 0.4) is 0 Å². The van der Waals surface area contributed by atoms with Gasteiger partial charge in [-0.2, -0.15) is 5.26 Å². The van der Waals surface area contributed by atoms with Crippen LogP contribution in [-0.4, -0.2) is 15.6 Å². The van der Waals surface area contributed by atoms with Crippen LogP contribution in [-0.2, 0) is 6.54 Å². The van der Waals surface area contributed by atoms with Gasteiger partial charge in [-0.1, -0.05) is 0 Å². The normalized spacial score (nSPS) is 11.8. The van der Waals surface area contributed by atoms with Gasteiger partial charge in [0.25, 0.3) is 0 Å². The molecule has 0 fully saturated rings. The highest BCUT2D eigenvalue weighted by atomic mass is 15.1. The van der Waals surface area contributed by atoms with Crippen molar-refractivity contribution in [2.75, 3.05) is 5.32 Å². The van der Waals surface area contributed by atoms with Crippen LogP contribution in [0.4, 0.5) is 5.69 Å². The van der Waals surface area contributed by atoms with Gasteiger partial charge in [0.2, 0.25) is 0 Å². The molecule has 2 rings (SSSR count). The lowest BCUT2D eigenvalue weighted by Gasteiger charge is -2.17. The second-order valence-electron chi connectivity index (χ2n) is 4.45. The Hall–Kier alpha value is -2.28. The average Bonchev–Trinajstić information content (AvgIpc) is 2.84. The summed E-state index contributed by atoms with van der Waals surface area (Å²) < 4.78 is 2.04. The molecule has 0 aliphatic rings. The third-order valence-electron chi connectivity index (χ3n) is 2.80. The van der Waals surface area contributed by atoms with Gasteiger partial charge in [0, 0.05) is 30.7 Å². The van der Waals surface area contributed by atoms with Crippen LogP contribution < -0.4 is 5.32 Å². The van der Waals surface area contributed by atoms with E-state index in [1.165, 1.54) is 0 Å². The standard InChI is InChI=1S/C14H16N4/c1-11-7-13(8-15)3-4-14(11)17-12(2)9-18-6-5-16-10-18/h3-7,10,12,17H,9H2,1-2H3. The maximum Gasteiger partial charge on any atom is 0.0991 e. The Morgan fingerprint density at radius 3 is 2.94 bits per heavy atom. The Bertz CT molecular complexity index is 552. The van der Waals surface area contributed by atoms with Gasteiger partial charge < -0.3 is 9.88 Å². The monoisotopic (exact) mass is 240 g/mol. The molecule has 1 heterocycles. The fourth-order valence-electron chi connectivity index (χ4n) is 1.92. The van der Waals surface area contributed by atoms with Crippen molar-refractivity contribution in [3.63, 3.8) is 0 Å². The zero-order valence-electron chi connectivity index (χ0n) is 10.6. The van der Waals surface area contributed by atoms with E-state index in [-0.39, 0.29) is 0 Å². The van der Waals surface area contributed by atoms with E-state index >= 15 is 0 Å². The Balaban J connectivity index is 2.03. The van der Waals surface area contributed by atoms with Crippen molar-refractivity contribution in [1.29, 1.82) is 5.26 Å². The molecule has 4 nitrogen and oxygen atoms in total. The van der Waals surface area contributed by atoms with E-state index in [4.69, 9.17) is 5.26 Å². The molecule has 0 bridgehead atoms. The van der Waals surface area contributed by atoms with E-state index in [1.54, 1.807) is 6.20 Å². The molecule has 0 radical (unpaired) electrons. The minimum atomic E-state index is 0.297. The largest absolute Gasteiger partial charge is 0.381 e. The van der Waals surface area contributed by atoms with Gasteiger partial charge >= 0.3 is 0 Å². The molecule has 2 aromatic rings. The third-order valence-corrected chi connectivity index (χ3v) is 2.80. The number of nitriles is 1. The summed E-state index contributed by atoms with van der Waals surface area (Å²) in [6.45, 7) is 4.99. The quantitative estimate of drug-likeness (QED) is 0.893. The van der Waals surface area contributed by atoms with Crippen LogP contribution in [0.2, 0.25) is 0 Å². The summed E-state index contributed by atoms with van der Waals surface area (Å²) in [5.74, 6) is 0. The molecule has 0 aliphatic heterocycles. The number of imidazole rings is 1. The first-order valence-electron chi connectivity index (χ1n) is 5.92. The van der Waals surface area contributed by atoms with Gasteiger partial charge in [-0.15, -0.1) is 0 Å². The van der Waals surface area contributed by atoms with Gasteiger partial charge in [0.05, 0.1) is 18.0 Å². The molecule has 4 heteroatoms. The van der Waals surface area contributed by atoms with Crippen molar-refractivity contribution < 1.29 is 0 Å². The minimum Gasteiger partial charge on any atom is -0.381 e. The molecule has 1 aromatic heterocycles. The van der Waals surface area contributed by atoms with Gasteiger partial charge in [0.15, 0.2) is 0 Å². The van der Waals surface area contributed by atoms with Crippen LogP contribution >= 0.6 is 0 Å². The maximum absolute atomic E-state index is 8.83. The second-order valence-corrected chi connectivity index (χ2v) is 4.45. The van der Waals surface area contributed by atoms with Gasteiger partial charge in [0.1, 0.15) is 0 Å². The van der Waals surface area contributed by atoms with Gasteiger partial charge in [-0.25, -0.2) is 4.98 Å². The predicted molar refractivity (Wildman–Crippen MR) is 71.2 cm³/mol. The number of rotatable bonds is 4. The van der Waals surface area contributed by atoms with Gasteiger partial charge in [-0.3, -0.25) is 0 Å². The fraction of sp³-hybridized carbons (Fsp3) is 0.286. The Labute approximate surface area is 107 Å². The summed E-state index contributed by atoms with van der Waals surface area (Å²) in [5, 5.41) is 12.3. The molecule has 0 spiro atoms.